The Labute approximate surface area is 213 Å². The van der Waals surface area contributed by atoms with Crippen LogP contribution in [-0.2, 0) is 13.0 Å². The van der Waals surface area contributed by atoms with E-state index in [0.717, 1.165) is 36.4 Å². The van der Waals surface area contributed by atoms with E-state index in [1.165, 1.54) is 11.1 Å². The highest BCUT2D eigenvalue weighted by atomic mass is 19.1. The number of likely N-dealkylation sites (N-methyl/N-ethyl adjacent to an activating group) is 1. The summed E-state index contributed by atoms with van der Waals surface area (Å²) in [5, 5.41) is 7.02. The van der Waals surface area contributed by atoms with Crippen LogP contribution in [-0.4, -0.2) is 53.7 Å². The second kappa shape index (κ2) is 9.04. The van der Waals surface area contributed by atoms with Crippen molar-refractivity contribution >= 4 is 33.9 Å². The predicted octanol–water partition coefficient (Wildman–Crippen LogP) is 4.27. The van der Waals surface area contributed by atoms with Crippen LogP contribution >= 0.6 is 0 Å². The van der Waals surface area contributed by atoms with E-state index in [-0.39, 0.29) is 5.69 Å². The predicted molar refractivity (Wildman–Crippen MR) is 142 cm³/mol. The van der Waals surface area contributed by atoms with Crippen molar-refractivity contribution in [2.45, 2.75) is 19.9 Å². The highest BCUT2D eigenvalue weighted by Crippen LogP contribution is 2.39. The SMILES string of the molecule is COc1cc2c(cc1Nc1ncc3c(N)c(F)c(-c4cnc5c(c4C)NCCO5)cc3n1)CCN(C)C2. The summed E-state index contributed by atoms with van der Waals surface area (Å²) in [6.07, 6.45) is 4.11. The Balaban J connectivity index is 1.41. The molecule has 6 rings (SSSR count). The number of nitrogen functional groups attached to an aromatic ring is 1. The van der Waals surface area contributed by atoms with E-state index in [2.05, 4.69) is 49.7 Å². The maximum Gasteiger partial charge on any atom is 0.237 e. The Hall–Kier alpha value is -4.18. The summed E-state index contributed by atoms with van der Waals surface area (Å²) in [7, 11) is 3.75. The van der Waals surface area contributed by atoms with Gasteiger partial charge >= 0.3 is 0 Å². The third-order valence-corrected chi connectivity index (χ3v) is 7.07. The monoisotopic (exact) mass is 501 g/mol. The number of halogens is 1. The van der Waals surface area contributed by atoms with E-state index in [4.69, 9.17) is 15.2 Å². The molecule has 0 saturated heterocycles. The molecule has 2 aromatic heterocycles. The van der Waals surface area contributed by atoms with Gasteiger partial charge in [-0.05, 0) is 55.3 Å². The van der Waals surface area contributed by atoms with Crippen LogP contribution in [0.5, 0.6) is 11.6 Å². The Morgan fingerprint density at radius 1 is 1.16 bits per heavy atom. The second-order valence-electron chi connectivity index (χ2n) is 9.46. The zero-order chi connectivity index (χ0) is 25.7. The van der Waals surface area contributed by atoms with Crippen molar-refractivity contribution in [1.82, 2.24) is 19.9 Å². The quantitative estimate of drug-likeness (QED) is 0.353. The van der Waals surface area contributed by atoms with Gasteiger partial charge in [0.25, 0.3) is 0 Å². The van der Waals surface area contributed by atoms with E-state index in [0.29, 0.717) is 52.8 Å². The molecular formula is C27H28FN7O2. The smallest absolute Gasteiger partial charge is 0.237 e. The molecule has 2 aliphatic heterocycles. The van der Waals surface area contributed by atoms with Crippen molar-refractivity contribution in [2.75, 3.05) is 50.2 Å². The highest BCUT2D eigenvalue weighted by Gasteiger charge is 2.22. The third kappa shape index (κ3) is 4.03. The number of fused-ring (bicyclic) bond motifs is 3. The lowest BCUT2D eigenvalue weighted by Gasteiger charge is -2.26. The first-order chi connectivity index (χ1) is 17.9. The number of methoxy groups -OCH3 is 1. The van der Waals surface area contributed by atoms with Gasteiger partial charge in [0.15, 0.2) is 5.82 Å². The number of nitrogens with two attached hydrogens (primary N) is 1. The first-order valence-electron chi connectivity index (χ1n) is 12.2. The number of nitrogens with zero attached hydrogens (tertiary/aromatic N) is 4. The second-order valence-corrected chi connectivity index (χ2v) is 9.46. The molecule has 0 fully saturated rings. The van der Waals surface area contributed by atoms with Gasteiger partial charge in [-0.25, -0.2) is 19.3 Å². The summed E-state index contributed by atoms with van der Waals surface area (Å²) in [6, 6.07) is 5.84. The van der Waals surface area contributed by atoms with Crippen molar-refractivity contribution < 1.29 is 13.9 Å². The molecule has 2 aromatic carbocycles. The van der Waals surface area contributed by atoms with Gasteiger partial charge in [0.1, 0.15) is 18.0 Å². The molecule has 10 heteroatoms. The number of pyridine rings is 1. The molecule has 4 heterocycles. The number of rotatable bonds is 4. The number of anilines is 4. The molecule has 0 aliphatic carbocycles. The minimum absolute atomic E-state index is 0.00383. The third-order valence-electron chi connectivity index (χ3n) is 7.07. The van der Waals surface area contributed by atoms with E-state index < -0.39 is 5.82 Å². The zero-order valence-electron chi connectivity index (χ0n) is 21.0. The molecule has 4 aromatic rings. The molecule has 4 N–H and O–H groups in total. The van der Waals surface area contributed by atoms with Gasteiger partial charge in [-0.2, -0.15) is 0 Å². The number of benzene rings is 2. The van der Waals surface area contributed by atoms with Gasteiger partial charge in [-0.3, -0.25) is 0 Å². The van der Waals surface area contributed by atoms with Crippen molar-refractivity contribution in [2.24, 2.45) is 0 Å². The summed E-state index contributed by atoms with van der Waals surface area (Å²) in [5.74, 6) is 1.06. The fourth-order valence-electron chi connectivity index (χ4n) is 5.04. The maximum atomic E-state index is 15.5. The van der Waals surface area contributed by atoms with Gasteiger partial charge in [0, 0.05) is 48.5 Å². The lowest BCUT2D eigenvalue weighted by atomic mass is 9.98. The molecule has 2 aliphatic rings. The summed E-state index contributed by atoms with van der Waals surface area (Å²) >= 11 is 0. The lowest BCUT2D eigenvalue weighted by Crippen LogP contribution is -2.26. The topological polar surface area (TPSA) is 110 Å². The normalized spacial score (nSPS) is 14.9. The Morgan fingerprint density at radius 2 is 2.03 bits per heavy atom. The Kier molecular flexibility index (Phi) is 5.68. The molecule has 0 radical (unpaired) electrons. The van der Waals surface area contributed by atoms with E-state index in [1.807, 2.05) is 6.92 Å². The highest BCUT2D eigenvalue weighted by molar-refractivity contribution is 5.96. The fourth-order valence-corrected chi connectivity index (χ4v) is 5.04. The molecule has 9 nitrogen and oxygen atoms in total. The molecule has 0 bridgehead atoms. The number of ether oxygens (including phenoxy) is 2. The van der Waals surface area contributed by atoms with Crippen molar-refractivity contribution in [3.05, 3.63) is 53.1 Å². The lowest BCUT2D eigenvalue weighted by molar-refractivity contribution is 0.310. The molecule has 190 valence electrons. The van der Waals surface area contributed by atoms with Crippen molar-refractivity contribution in [1.29, 1.82) is 0 Å². The van der Waals surface area contributed by atoms with Crippen molar-refractivity contribution in [3.8, 4) is 22.8 Å². The summed E-state index contributed by atoms with van der Waals surface area (Å²) in [4.78, 5) is 15.8. The van der Waals surface area contributed by atoms with Crippen LogP contribution in [0.2, 0.25) is 0 Å². The van der Waals surface area contributed by atoms with Crippen LogP contribution in [0.15, 0.2) is 30.6 Å². The molecule has 0 spiro atoms. The van der Waals surface area contributed by atoms with Gasteiger partial charge in [-0.1, -0.05) is 0 Å². The molecule has 0 saturated carbocycles. The van der Waals surface area contributed by atoms with Crippen LogP contribution in [0.1, 0.15) is 16.7 Å². The minimum atomic E-state index is -0.528. The largest absolute Gasteiger partial charge is 0.495 e. The number of nitrogens with one attached hydrogen (secondary N) is 2. The number of hydrogen-bond donors (Lipinski definition) is 3. The van der Waals surface area contributed by atoms with Gasteiger partial charge in [-0.15, -0.1) is 0 Å². The molecule has 0 amide bonds. The fraction of sp³-hybridized carbons (Fsp3) is 0.296. The van der Waals surface area contributed by atoms with Gasteiger partial charge in [0.2, 0.25) is 11.8 Å². The first kappa shape index (κ1) is 23.2. The summed E-state index contributed by atoms with van der Waals surface area (Å²) < 4.78 is 26.7. The van der Waals surface area contributed by atoms with Crippen molar-refractivity contribution in [3.63, 3.8) is 0 Å². The Morgan fingerprint density at radius 3 is 2.86 bits per heavy atom. The summed E-state index contributed by atoms with van der Waals surface area (Å²) in [5.41, 5.74) is 12.6. The van der Waals surface area contributed by atoms with E-state index >= 15 is 4.39 Å². The van der Waals surface area contributed by atoms with Crippen LogP contribution in [0.3, 0.4) is 0 Å². The van der Waals surface area contributed by atoms with Gasteiger partial charge < -0.3 is 30.7 Å². The molecule has 37 heavy (non-hydrogen) atoms. The van der Waals surface area contributed by atoms with Crippen LogP contribution in [0, 0.1) is 12.7 Å². The minimum Gasteiger partial charge on any atom is -0.495 e. The summed E-state index contributed by atoms with van der Waals surface area (Å²) in [6.45, 7) is 4.98. The van der Waals surface area contributed by atoms with Crippen LogP contribution in [0.25, 0.3) is 22.0 Å². The van der Waals surface area contributed by atoms with E-state index in [9.17, 15) is 0 Å². The molecule has 0 atom stereocenters. The maximum absolute atomic E-state index is 15.5. The van der Waals surface area contributed by atoms with Crippen LogP contribution in [0.4, 0.5) is 27.4 Å². The number of hydrogen-bond acceptors (Lipinski definition) is 9. The molecule has 0 unspecified atom stereocenters. The molecular weight excluding hydrogens is 473 g/mol. The first-order valence-corrected chi connectivity index (χ1v) is 12.2. The average Bonchev–Trinajstić information content (AvgIpc) is 2.91. The zero-order valence-corrected chi connectivity index (χ0v) is 21.0. The van der Waals surface area contributed by atoms with Crippen LogP contribution < -0.4 is 25.8 Å². The average molecular weight is 502 g/mol. The number of aromatic nitrogens is 3. The Bertz CT molecular complexity index is 1540. The van der Waals surface area contributed by atoms with E-state index in [1.54, 1.807) is 25.6 Å². The van der Waals surface area contributed by atoms with Gasteiger partial charge in [0.05, 0.1) is 24.0 Å². The standard InChI is InChI=1S/C27H28FN7O2/c1-14-18(11-31-26-25(14)30-5-7-37-26)17-10-20-19(24(29)23(17)28)12-32-27(33-20)34-21-8-15-4-6-35(2)13-16(15)9-22(21)36-3/h8-12,30H,4-7,13,29H2,1-3H3,(H,32,33,34).